The van der Waals surface area contributed by atoms with Gasteiger partial charge in [0.15, 0.2) is 0 Å². The SMILES string of the molecule is O=C(C1Cc2ccccc2C1)N1CCCC[C@@H]1CCn1cccn1. The Morgan fingerprint density at radius 2 is 1.92 bits per heavy atom. The number of likely N-dealkylation sites (tertiary alicyclic amines) is 1. The van der Waals surface area contributed by atoms with Gasteiger partial charge in [-0.05, 0) is 55.7 Å². The molecule has 1 aliphatic heterocycles. The van der Waals surface area contributed by atoms with Gasteiger partial charge in [0.25, 0.3) is 0 Å². The summed E-state index contributed by atoms with van der Waals surface area (Å²) in [6, 6.07) is 10.8. The fraction of sp³-hybridized carbons (Fsp3) is 0.500. The minimum atomic E-state index is 0.146. The van der Waals surface area contributed by atoms with Crippen molar-refractivity contribution in [1.29, 1.82) is 0 Å². The van der Waals surface area contributed by atoms with Crippen molar-refractivity contribution in [2.24, 2.45) is 5.92 Å². The van der Waals surface area contributed by atoms with Crippen LogP contribution in [0.25, 0.3) is 0 Å². The van der Waals surface area contributed by atoms with Gasteiger partial charge in [0, 0.05) is 37.4 Å². The molecule has 0 bridgehead atoms. The van der Waals surface area contributed by atoms with Crippen LogP contribution in [0.15, 0.2) is 42.7 Å². The van der Waals surface area contributed by atoms with E-state index in [9.17, 15) is 4.79 Å². The average Bonchev–Trinajstić information content (AvgIpc) is 3.29. The Labute approximate surface area is 143 Å². The summed E-state index contributed by atoms with van der Waals surface area (Å²) in [6.07, 6.45) is 10.2. The maximum atomic E-state index is 13.1. The first-order valence-corrected chi connectivity index (χ1v) is 9.16. The number of hydrogen-bond donors (Lipinski definition) is 0. The van der Waals surface area contributed by atoms with Gasteiger partial charge in [-0.3, -0.25) is 9.48 Å². The lowest BCUT2D eigenvalue weighted by atomic mass is 9.95. The molecule has 0 N–H and O–H groups in total. The Hall–Kier alpha value is -2.10. The molecule has 0 saturated carbocycles. The molecule has 126 valence electrons. The zero-order chi connectivity index (χ0) is 16.4. The van der Waals surface area contributed by atoms with Gasteiger partial charge in [-0.1, -0.05) is 24.3 Å². The molecule has 2 aromatic rings. The normalized spacial score (nSPS) is 21.0. The van der Waals surface area contributed by atoms with E-state index in [0.29, 0.717) is 11.9 Å². The van der Waals surface area contributed by atoms with Crippen molar-refractivity contribution in [1.82, 2.24) is 14.7 Å². The average molecular weight is 323 g/mol. The standard InChI is InChI=1S/C20H25N3O/c24-20(18-14-16-6-1-2-7-17(16)15-18)23-12-4-3-8-19(23)9-13-22-11-5-10-21-22/h1-2,5-7,10-11,18-19H,3-4,8-9,12-15H2/t19-/m1/s1. The van der Waals surface area contributed by atoms with Crippen LogP contribution in [-0.4, -0.2) is 33.2 Å². The molecule has 4 rings (SSSR count). The van der Waals surface area contributed by atoms with E-state index in [-0.39, 0.29) is 5.92 Å². The first-order valence-electron chi connectivity index (χ1n) is 9.16. The minimum Gasteiger partial charge on any atom is -0.339 e. The van der Waals surface area contributed by atoms with Crippen LogP contribution in [0.5, 0.6) is 0 Å². The summed E-state index contributed by atoms with van der Waals surface area (Å²) in [5.74, 6) is 0.518. The monoisotopic (exact) mass is 323 g/mol. The number of nitrogens with zero attached hydrogens (tertiary/aromatic N) is 3. The molecule has 4 nitrogen and oxygen atoms in total. The highest BCUT2D eigenvalue weighted by Crippen LogP contribution is 2.30. The van der Waals surface area contributed by atoms with Gasteiger partial charge < -0.3 is 4.90 Å². The third-order valence-corrected chi connectivity index (χ3v) is 5.56. The topological polar surface area (TPSA) is 38.1 Å². The number of fused-ring (bicyclic) bond motifs is 1. The summed E-state index contributed by atoms with van der Waals surface area (Å²) in [6.45, 7) is 1.82. The van der Waals surface area contributed by atoms with Gasteiger partial charge >= 0.3 is 0 Å². The van der Waals surface area contributed by atoms with Crippen LogP contribution in [0.4, 0.5) is 0 Å². The lowest BCUT2D eigenvalue weighted by Crippen LogP contribution is -2.47. The largest absolute Gasteiger partial charge is 0.339 e. The summed E-state index contributed by atoms with van der Waals surface area (Å²) >= 11 is 0. The summed E-state index contributed by atoms with van der Waals surface area (Å²) in [7, 11) is 0. The van der Waals surface area contributed by atoms with E-state index >= 15 is 0 Å². The Kier molecular flexibility index (Phi) is 4.37. The molecule has 0 spiro atoms. The molecular weight excluding hydrogens is 298 g/mol. The predicted molar refractivity (Wildman–Crippen MR) is 93.5 cm³/mol. The summed E-state index contributed by atoms with van der Waals surface area (Å²) in [5.41, 5.74) is 2.72. The van der Waals surface area contributed by atoms with Crippen molar-refractivity contribution < 1.29 is 4.79 Å². The first-order chi connectivity index (χ1) is 11.8. The van der Waals surface area contributed by atoms with Crippen LogP contribution in [-0.2, 0) is 24.2 Å². The van der Waals surface area contributed by atoms with E-state index in [1.165, 1.54) is 17.5 Å². The second-order valence-corrected chi connectivity index (χ2v) is 7.11. The minimum absolute atomic E-state index is 0.146. The smallest absolute Gasteiger partial charge is 0.226 e. The highest BCUT2D eigenvalue weighted by molar-refractivity contribution is 5.81. The molecule has 4 heteroatoms. The van der Waals surface area contributed by atoms with Gasteiger partial charge in [0.2, 0.25) is 5.91 Å². The first kappa shape index (κ1) is 15.4. The maximum absolute atomic E-state index is 13.1. The van der Waals surface area contributed by atoms with E-state index in [1.54, 1.807) is 0 Å². The molecule has 2 aliphatic rings. The third-order valence-electron chi connectivity index (χ3n) is 5.56. The van der Waals surface area contributed by atoms with E-state index in [0.717, 1.165) is 45.2 Å². The Morgan fingerprint density at radius 3 is 2.62 bits per heavy atom. The fourth-order valence-electron chi connectivity index (χ4n) is 4.27. The van der Waals surface area contributed by atoms with Crippen molar-refractivity contribution in [3.05, 3.63) is 53.9 Å². The number of aromatic nitrogens is 2. The van der Waals surface area contributed by atoms with Crippen LogP contribution in [0.2, 0.25) is 0 Å². The molecule has 0 radical (unpaired) electrons. The molecule has 24 heavy (non-hydrogen) atoms. The molecule has 0 unspecified atom stereocenters. The zero-order valence-electron chi connectivity index (χ0n) is 14.1. The summed E-state index contributed by atoms with van der Waals surface area (Å²) in [4.78, 5) is 15.3. The van der Waals surface area contributed by atoms with E-state index < -0.39 is 0 Å². The molecule has 1 fully saturated rings. The number of carbonyl (C=O) groups is 1. The number of rotatable bonds is 4. The fourth-order valence-corrected chi connectivity index (χ4v) is 4.27. The molecule has 2 heterocycles. The highest BCUT2D eigenvalue weighted by atomic mass is 16.2. The predicted octanol–water partition coefficient (Wildman–Crippen LogP) is 3.07. The highest BCUT2D eigenvalue weighted by Gasteiger charge is 2.34. The van der Waals surface area contributed by atoms with Crippen LogP contribution >= 0.6 is 0 Å². The lowest BCUT2D eigenvalue weighted by Gasteiger charge is -2.37. The Bertz CT molecular complexity index is 670. The van der Waals surface area contributed by atoms with Crippen LogP contribution in [0.3, 0.4) is 0 Å². The molecule has 1 amide bonds. The maximum Gasteiger partial charge on any atom is 0.226 e. The van der Waals surface area contributed by atoms with Crippen LogP contribution < -0.4 is 0 Å². The number of carbonyl (C=O) groups excluding carboxylic acids is 1. The van der Waals surface area contributed by atoms with Crippen molar-refractivity contribution in [2.45, 2.75) is 51.1 Å². The Balaban J connectivity index is 1.42. The molecular formula is C20H25N3O. The van der Waals surface area contributed by atoms with Crippen LogP contribution in [0.1, 0.15) is 36.8 Å². The van der Waals surface area contributed by atoms with Gasteiger partial charge in [-0.15, -0.1) is 0 Å². The zero-order valence-corrected chi connectivity index (χ0v) is 14.1. The van der Waals surface area contributed by atoms with E-state index in [2.05, 4.69) is 34.3 Å². The molecule has 1 atom stereocenters. The lowest BCUT2D eigenvalue weighted by molar-refractivity contribution is -0.139. The van der Waals surface area contributed by atoms with Gasteiger partial charge in [-0.2, -0.15) is 5.10 Å². The van der Waals surface area contributed by atoms with Crippen LogP contribution in [0, 0.1) is 5.92 Å². The van der Waals surface area contributed by atoms with E-state index in [4.69, 9.17) is 0 Å². The number of aryl methyl sites for hydroxylation is 1. The number of amides is 1. The Morgan fingerprint density at radius 1 is 1.12 bits per heavy atom. The second kappa shape index (κ2) is 6.80. The molecule has 1 aliphatic carbocycles. The number of hydrogen-bond acceptors (Lipinski definition) is 2. The van der Waals surface area contributed by atoms with Gasteiger partial charge in [-0.25, -0.2) is 0 Å². The number of benzene rings is 1. The van der Waals surface area contributed by atoms with E-state index in [1.807, 2.05) is 23.1 Å². The molecule has 1 saturated heterocycles. The molecule has 1 aromatic heterocycles. The van der Waals surface area contributed by atoms with Crippen molar-refractivity contribution in [3.8, 4) is 0 Å². The van der Waals surface area contributed by atoms with Crippen molar-refractivity contribution in [2.75, 3.05) is 6.54 Å². The van der Waals surface area contributed by atoms with Gasteiger partial charge in [0.1, 0.15) is 0 Å². The second-order valence-electron chi connectivity index (χ2n) is 7.11. The number of piperidine rings is 1. The molecule has 1 aromatic carbocycles. The van der Waals surface area contributed by atoms with Crippen molar-refractivity contribution >= 4 is 5.91 Å². The summed E-state index contributed by atoms with van der Waals surface area (Å²) < 4.78 is 1.97. The van der Waals surface area contributed by atoms with Crippen molar-refractivity contribution in [3.63, 3.8) is 0 Å². The van der Waals surface area contributed by atoms with Gasteiger partial charge in [0.05, 0.1) is 0 Å². The summed E-state index contributed by atoms with van der Waals surface area (Å²) in [5, 5.41) is 4.29. The quantitative estimate of drug-likeness (QED) is 0.867. The third kappa shape index (κ3) is 3.10.